The number of carbonyl (C=O) groups excluding carboxylic acids is 3. The van der Waals surface area contributed by atoms with Crippen LogP contribution in [0.3, 0.4) is 0 Å². The summed E-state index contributed by atoms with van der Waals surface area (Å²) in [5.74, 6) is -3.30. The molecule has 156 valence electrons. The molecule has 1 aliphatic rings. The first kappa shape index (κ1) is 21.2. The van der Waals surface area contributed by atoms with E-state index in [0.29, 0.717) is 5.56 Å². The van der Waals surface area contributed by atoms with E-state index < -0.39 is 41.2 Å². The van der Waals surface area contributed by atoms with Crippen LogP contribution >= 0.6 is 0 Å². The van der Waals surface area contributed by atoms with Crippen molar-refractivity contribution in [1.82, 2.24) is 4.90 Å². The van der Waals surface area contributed by atoms with Crippen LogP contribution in [0.4, 0.5) is 4.39 Å². The molecule has 2 aromatic rings. The summed E-state index contributed by atoms with van der Waals surface area (Å²) in [6.07, 6.45) is -0.00364. The molecule has 0 aromatic heterocycles. The summed E-state index contributed by atoms with van der Waals surface area (Å²) in [4.78, 5) is 38.4. The second-order valence-electron chi connectivity index (χ2n) is 7.12. The van der Waals surface area contributed by atoms with Crippen molar-refractivity contribution >= 4 is 17.7 Å². The Bertz CT molecular complexity index is 1000. The number of aliphatic hydroxyl groups is 1. The van der Waals surface area contributed by atoms with Crippen LogP contribution in [0, 0.1) is 5.82 Å². The molecule has 0 saturated carbocycles. The Kier molecular flexibility index (Phi) is 6.30. The van der Waals surface area contributed by atoms with E-state index in [1.54, 1.807) is 6.07 Å². The molecular weight excluding hydrogens is 389 g/mol. The van der Waals surface area contributed by atoms with Crippen molar-refractivity contribution < 1.29 is 28.6 Å². The van der Waals surface area contributed by atoms with E-state index >= 15 is 0 Å². The monoisotopic (exact) mass is 411 g/mol. The van der Waals surface area contributed by atoms with Crippen LogP contribution in [0.2, 0.25) is 0 Å². The van der Waals surface area contributed by atoms with Gasteiger partial charge in [-0.1, -0.05) is 42.5 Å². The highest BCUT2D eigenvalue weighted by Gasteiger charge is 2.43. The van der Waals surface area contributed by atoms with E-state index in [9.17, 15) is 23.9 Å². The molecule has 0 saturated heterocycles. The van der Waals surface area contributed by atoms with Gasteiger partial charge in [0, 0.05) is 12.5 Å². The van der Waals surface area contributed by atoms with Gasteiger partial charge in [-0.3, -0.25) is 14.4 Å². The van der Waals surface area contributed by atoms with Gasteiger partial charge in [0.05, 0.1) is 25.1 Å². The lowest BCUT2D eigenvalue weighted by molar-refractivity contribution is -0.141. The number of aliphatic hydroxyl groups excluding tert-OH is 1. The largest absolute Gasteiger partial charge is 0.503 e. The smallest absolute Gasteiger partial charge is 0.306 e. The van der Waals surface area contributed by atoms with Crippen LogP contribution < -0.4 is 0 Å². The molecule has 0 aliphatic carbocycles. The fourth-order valence-corrected chi connectivity index (χ4v) is 3.76. The zero-order valence-corrected chi connectivity index (χ0v) is 16.7. The molecule has 0 unspecified atom stereocenters. The van der Waals surface area contributed by atoms with E-state index in [-0.39, 0.29) is 18.5 Å². The molecular formula is C23H22FNO5. The fourth-order valence-electron chi connectivity index (χ4n) is 3.76. The number of carbonyl (C=O) groups is 3. The Morgan fingerprint density at radius 1 is 1.17 bits per heavy atom. The number of Topliss-reactive ketones (excluding diaryl/α,β-unsaturated/α-hetero) is 1. The van der Waals surface area contributed by atoms with Gasteiger partial charge in [-0.2, -0.15) is 0 Å². The van der Waals surface area contributed by atoms with Crippen LogP contribution in [-0.2, 0) is 19.1 Å². The van der Waals surface area contributed by atoms with Gasteiger partial charge in [0.2, 0.25) is 0 Å². The lowest BCUT2D eigenvalue weighted by atomic mass is 9.92. The number of ether oxygens (including phenoxy) is 1. The first-order chi connectivity index (χ1) is 14.3. The maximum absolute atomic E-state index is 13.9. The molecule has 3 rings (SSSR count). The van der Waals surface area contributed by atoms with Crippen LogP contribution in [0.1, 0.15) is 36.4 Å². The Labute approximate surface area is 173 Å². The standard InChI is InChI=1S/C23H22FNO5/c1-14(26)20-21(16-9-6-10-18(24)11-16)25(23(29)22(20)28)13-17(12-19(27)30-2)15-7-4-3-5-8-15/h3-11,17,21,28H,12-13H2,1-2H3/t17-,21-/m1/s1. The predicted molar refractivity (Wildman–Crippen MR) is 107 cm³/mol. The SMILES string of the molecule is COC(=O)C[C@H](CN1C(=O)C(O)=C(C(C)=O)[C@H]1c1cccc(F)c1)c1ccccc1. The minimum absolute atomic E-state index is 0.00364. The quantitative estimate of drug-likeness (QED) is 0.706. The Morgan fingerprint density at radius 3 is 2.47 bits per heavy atom. The van der Waals surface area contributed by atoms with Gasteiger partial charge >= 0.3 is 5.97 Å². The second kappa shape index (κ2) is 8.90. The lowest BCUT2D eigenvalue weighted by Crippen LogP contribution is -2.35. The Hall–Kier alpha value is -3.48. The highest BCUT2D eigenvalue weighted by atomic mass is 19.1. The molecule has 1 amide bonds. The molecule has 2 aromatic carbocycles. The normalized spacial score (nSPS) is 17.2. The van der Waals surface area contributed by atoms with Crippen LogP contribution in [0.5, 0.6) is 0 Å². The van der Waals surface area contributed by atoms with Crippen molar-refractivity contribution in [3.63, 3.8) is 0 Å². The first-order valence-electron chi connectivity index (χ1n) is 9.45. The highest BCUT2D eigenvalue weighted by Crippen LogP contribution is 2.39. The number of halogens is 1. The minimum atomic E-state index is -0.949. The molecule has 0 fully saturated rings. The van der Waals surface area contributed by atoms with Gasteiger partial charge in [-0.15, -0.1) is 0 Å². The van der Waals surface area contributed by atoms with E-state index in [1.165, 1.54) is 37.1 Å². The van der Waals surface area contributed by atoms with Gasteiger partial charge in [0.15, 0.2) is 11.5 Å². The molecule has 7 heteroatoms. The maximum atomic E-state index is 13.9. The number of hydrogen-bond acceptors (Lipinski definition) is 5. The number of ketones is 1. The summed E-state index contributed by atoms with van der Waals surface area (Å²) in [6.45, 7) is 1.28. The topological polar surface area (TPSA) is 83.9 Å². The predicted octanol–water partition coefficient (Wildman–Crippen LogP) is 3.46. The molecule has 30 heavy (non-hydrogen) atoms. The van der Waals surface area contributed by atoms with Crippen LogP contribution in [-0.4, -0.2) is 41.3 Å². The number of amides is 1. The van der Waals surface area contributed by atoms with Crippen molar-refractivity contribution in [2.24, 2.45) is 0 Å². The number of hydrogen-bond donors (Lipinski definition) is 1. The van der Waals surface area contributed by atoms with Gasteiger partial charge in [0.25, 0.3) is 5.91 Å². The van der Waals surface area contributed by atoms with Crippen molar-refractivity contribution in [2.45, 2.75) is 25.3 Å². The third-order valence-electron chi connectivity index (χ3n) is 5.18. The molecule has 0 spiro atoms. The number of benzene rings is 2. The summed E-state index contributed by atoms with van der Waals surface area (Å²) in [5.41, 5.74) is 1.07. The van der Waals surface area contributed by atoms with Crippen molar-refractivity contribution in [3.8, 4) is 0 Å². The Balaban J connectivity index is 2.03. The molecule has 0 bridgehead atoms. The summed E-state index contributed by atoms with van der Waals surface area (Å²) < 4.78 is 18.7. The second-order valence-corrected chi connectivity index (χ2v) is 7.12. The summed E-state index contributed by atoms with van der Waals surface area (Å²) in [6, 6.07) is 13.7. The average Bonchev–Trinajstić information content (AvgIpc) is 2.98. The Morgan fingerprint density at radius 2 is 1.87 bits per heavy atom. The fraction of sp³-hybridized carbons (Fsp3) is 0.261. The van der Waals surface area contributed by atoms with Crippen LogP contribution in [0.15, 0.2) is 65.9 Å². The third-order valence-corrected chi connectivity index (χ3v) is 5.18. The molecule has 0 radical (unpaired) electrons. The first-order valence-corrected chi connectivity index (χ1v) is 9.45. The van der Waals surface area contributed by atoms with Gasteiger partial charge in [-0.05, 0) is 30.2 Å². The highest BCUT2D eigenvalue weighted by molar-refractivity contribution is 6.08. The van der Waals surface area contributed by atoms with E-state index in [4.69, 9.17) is 4.74 Å². The number of esters is 1. The number of rotatable bonds is 7. The molecule has 2 atom stereocenters. The zero-order valence-electron chi connectivity index (χ0n) is 16.7. The summed E-state index contributed by atoms with van der Waals surface area (Å²) >= 11 is 0. The van der Waals surface area contributed by atoms with Crippen molar-refractivity contribution in [1.29, 1.82) is 0 Å². The molecule has 1 aliphatic heterocycles. The number of methoxy groups -OCH3 is 1. The van der Waals surface area contributed by atoms with E-state index in [1.807, 2.05) is 30.3 Å². The molecule has 1 heterocycles. The van der Waals surface area contributed by atoms with Crippen molar-refractivity contribution in [3.05, 3.63) is 82.9 Å². The molecule has 1 N–H and O–H groups in total. The summed E-state index contributed by atoms with van der Waals surface area (Å²) in [5, 5.41) is 10.4. The average molecular weight is 411 g/mol. The van der Waals surface area contributed by atoms with Crippen LogP contribution in [0.25, 0.3) is 0 Å². The number of nitrogens with zero attached hydrogens (tertiary/aromatic N) is 1. The van der Waals surface area contributed by atoms with Gasteiger partial charge in [0.1, 0.15) is 5.82 Å². The maximum Gasteiger partial charge on any atom is 0.306 e. The zero-order chi connectivity index (χ0) is 21.8. The van der Waals surface area contributed by atoms with E-state index in [2.05, 4.69) is 0 Å². The summed E-state index contributed by atoms with van der Waals surface area (Å²) in [7, 11) is 1.28. The minimum Gasteiger partial charge on any atom is -0.503 e. The lowest BCUT2D eigenvalue weighted by Gasteiger charge is -2.30. The van der Waals surface area contributed by atoms with Crippen molar-refractivity contribution in [2.75, 3.05) is 13.7 Å². The van der Waals surface area contributed by atoms with Gasteiger partial charge in [-0.25, -0.2) is 4.39 Å². The third kappa shape index (κ3) is 4.25. The van der Waals surface area contributed by atoms with Gasteiger partial charge < -0.3 is 14.7 Å². The molecule has 6 nitrogen and oxygen atoms in total. The van der Waals surface area contributed by atoms with E-state index in [0.717, 1.165) is 5.56 Å².